The van der Waals surface area contributed by atoms with E-state index >= 15 is 0 Å². The molecule has 1 aromatic heterocycles. The van der Waals surface area contributed by atoms with Gasteiger partial charge in [0, 0.05) is 10.5 Å². The Labute approximate surface area is 111 Å². The van der Waals surface area contributed by atoms with Crippen molar-refractivity contribution >= 4 is 27.4 Å². The molecule has 92 valence electrons. The molecule has 2 rings (SSSR count). The Balaban J connectivity index is 2.39. The van der Waals surface area contributed by atoms with Crippen molar-refractivity contribution in [2.75, 3.05) is 5.73 Å². The highest BCUT2D eigenvalue weighted by Crippen LogP contribution is 2.30. The van der Waals surface area contributed by atoms with Crippen LogP contribution < -0.4 is 10.5 Å². The fourth-order valence-corrected chi connectivity index (χ4v) is 1.68. The predicted molar refractivity (Wildman–Crippen MR) is 69.5 cm³/mol. The van der Waals surface area contributed by atoms with E-state index in [0.717, 1.165) is 4.47 Å². The zero-order valence-corrected chi connectivity index (χ0v) is 10.6. The molecule has 0 radical (unpaired) electrons. The average Bonchev–Trinajstić information content (AvgIpc) is 2.28. The fourth-order valence-electron chi connectivity index (χ4n) is 1.30. The third kappa shape index (κ3) is 2.75. The Morgan fingerprint density at radius 1 is 1.33 bits per heavy atom. The van der Waals surface area contributed by atoms with E-state index in [0.29, 0.717) is 5.75 Å². The van der Waals surface area contributed by atoms with Gasteiger partial charge in [-0.25, -0.2) is 0 Å². The molecule has 0 atom stereocenters. The second-order valence-corrected chi connectivity index (χ2v) is 4.29. The SMILES string of the molecule is Nc1ccc([N+](=O)[O-])c(Oc2cccc(Br)c2)n1. The van der Waals surface area contributed by atoms with Crippen molar-refractivity contribution in [3.63, 3.8) is 0 Å². The first kappa shape index (κ1) is 12.3. The third-order valence-electron chi connectivity index (χ3n) is 2.07. The van der Waals surface area contributed by atoms with Gasteiger partial charge in [0.1, 0.15) is 11.6 Å². The molecule has 0 amide bonds. The zero-order chi connectivity index (χ0) is 13.1. The summed E-state index contributed by atoms with van der Waals surface area (Å²) in [5, 5.41) is 10.8. The first-order valence-corrected chi connectivity index (χ1v) is 5.70. The lowest BCUT2D eigenvalue weighted by Crippen LogP contribution is -1.98. The maximum absolute atomic E-state index is 10.8. The van der Waals surface area contributed by atoms with E-state index in [-0.39, 0.29) is 17.4 Å². The van der Waals surface area contributed by atoms with Crippen molar-refractivity contribution in [2.24, 2.45) is 0 Å². The number of nitro groups is 1. The molecule has 0 fully saturated rings. The third-order valence-corrected chi connectivity index (χ3v) is 2.56. The van der Waals surface area contributed by atoms with Crippen LogP contribution in [0.4, 0.5) is 11.5 Å². The van der Waals surface area contributed by atoms with Crippen molar-refractivity contribution in [3.05, 3.63) is 51.0 Å². The Morgan fingerprint density at radius 2 is 2.11 bits per heavy atom. The molecular formula is C11H8BrN3O3. The summed E-state index contributed by atoms with van der Waals surface area (Å²) in [6, 6.07) is 9.51. The van der Waals surface area contributed by atoms with Crippen molar-refractivity contribution in [2.45, 2.75) is 0 Å². The van der Waals surface area contributed by atoms with Crippen LogP contribution in [0.5, 0.6) is 11.6 Å². The van der Waals surface area contributed by atoms with E-state index in [1.807, 2.05) is 6.07 Å². The predicted octanol–water partition coefficient (Wildman–Crippen LogP) is 3.13. The molecule has 0 aliphatic heterocycles. The molecule has 0 bridgehead atoms. The van der Waals surface area contributed by atoms with Gasteiger partial charge in [0.2, 0.25) is 0 Å². The second-order valence-electron chi connectivity index (χ2n) is 3.38. The minimum Gasteiger partial charge on any atom is -0.434 e. The number of nitrogens with two attached hydrogens (primary N) is 1. The normalized spacial score (nSPS) is 10.1. The zero-order valence-electron chi connectivity index (χ0n) is 9.04. The minimum atomic E-state index is -0.570. The highest BCUT2D eigenvalue weighted by Gasteiger charge is 2.17. The molecular weight excluding hydrogens is 302 g/mol. The van der Waals surface area contributed by atoms with Gasteiger partial charge in [0.15, 0.2) is 0 Å². The van der Waals surface area contributed by atoms with Crippen molar-refractivity contribution in [1.29, 1.82) is 0 Å². The topological polar surface area (TPSA) is 91.3 Å². The molecule has 0 aliphatic carbocycles. The molecule has 0 aliphatic rings. The molecule has 18 heavy (non-hydrogen) atoms. The van der Waals surface area contributed by atoms with Crippen LogP contribution in [0.3, 0.4) is 0 Å². The van der Waals surface area contributed by atoms with E-state index < -0.39 is 4.92 Å². The smallest absolute Gasteiger partial charge is 0.331 e. The number of aromatic nitrogens is 1. The van der Waals surface area contributed by atoms with Gasteiger partial charge in [-0.3, -0.25) is 10.1 Å². The molecule has 6 nitrogen and oxygen atoms in total. The lowest BCUT2D eigenvalue weighted by molar-refractivity contribution is -0.386. The lowest BCUT2D eigenvalue weighted by Gasteiger charge is -2.06. The number of hydrogen-bond acceptors (Lipinski definition) is 5. The Bertz CT molecular complexity index is 604. The quantitative estimate of drug-likeness (QED) is 0.694. The largest absolute Gasteiger partial charge is 0.434 e. The molecule has 0 spiro atoms. The number of pyridine rings is 1. The summed E-state index contributed by atoms with van der Waals surface area (Å²) in [5.74, 6) is 0.467. The van der Waals surface area contributed by atoms with Crippen molar-refractivity contribution in [3.8, 4) is 11.6 Å². The Morgan fingerprint density at radius 3 is 2.78 bits per heavy atom. The highest BCUT2D eigenvalue weighted by molar-refractivity contribution is 9.10. The van der Waals surface area contributed by atoms with Gasteiger partial charge in [-0.1, -0.05) is 22.0 Å². The van der Waals surface area contributed by atoms with Gasteiger partial charge < -0.3 is 10.5 Å². The lowest BCUT2D eigenvalue weighted by atomic mass is 10.3. The fraction of sp³-hybridized carbons (Fsp3) is 0. The van der Waals surface area contributed by atoms with E-state index in [4.69, 9.17) is 10.5 Å². The summed E-state index contributed by atoms with van der Waals surface area (Å²) in [4.78, 5) is 14.1. The van der Waals surface area contributed by atoms with Crippen LogP contribution in [0.1, 0.15) is 0 Å². The maximum Gasteiger partial charge on any atom is 0.331 e. The number of hydrogen-bond donors (Lipinski definition) is 1. The molecule has 0 unspecified atom stereocenters. The number of nitrogens with zero attached hydrogens (tertiary/aromatic N) is 2. The monoisotopic (exact) mass is 309 g/mol. The van der Waals surface area contributed by atoms with E-state index in [2.05, 4.69) is 20.9 Å². The van der Waals surface area contributed by atoms with Crippen molar-refractivity contribution in [1.82, 2.24) is 4.98 Å². The number of benzene rings is 1. The second kappa shape index (κ2) is 5.01. The average molecular weight is 310 g/mol. The van der Waals surface area contributed by atoms with Crippen LogP contribution in [0.15, 0.2) is 40.9 Å². The number of rotatable bonds is 3. The minimum absolute atomic E-state index is 0.127. The maximum atomic E-state index is 10.8. The number of nitrogen functional groups attached to an aromatic ring is 1. The molecule has 1 aromatic carbocycles. The number of anilines is 1. The summed E-state index contributed by atoms with van der Waals surface area (Å²) < 4.78 is 6.17. The van der Waals surface area contributed by atoms with Gasteiger partial charge in [-0.2, -0.15) is 4.98 Å². The molecule has 1 heterocycles. The summed E-state index contributed by atoms with van der Waals surface area (Å²) in [7, 11) is 0. The van der Waals surface area contributed by atoms with Gasteiger partial charge in [-0.05, 0) is 24.3 Å². The van der Waals surface area contributed by atoms with Gasteiger partial charge >= 0.3 is 11.6 Å². The summed E-state index contributed by atoms with van der Waals surface area (Å²) >= 11 is 3.28. The Kier molecular flexibility index (Phi) is 3.42. The van der Waals surface area contributed by atoms with E-state index in [1.165, 1.54) is 12.1 Å². The van der Waals surface area contributed by atoms with Crippen LogP contribution in [-0.4, -0.2) is 9.91 Å². The van der Waals surface area contributed by atoms with Crippen LogP contribution in [-0.2, 0) is 0 Å². The van der Waals surface area contributed by atoms with Crippen LogP contribution in [0.2, 0.25) is 0 Å². The van der Waals surface area contributed by atoms with Crippen LogP contribution in [0, 0.1) is 10.1 Å². The molecule has 2 aromatic rings. The standard InChI is InChI=1S/C11H8BrN3O3/c12-7-2-1-3-8(6-7)18-11-9(15(16)17)4-5-10(13)14-11/h1-6H,(H2,13,14). The Hall–Kier alpha value is -2.15. The van der Waals surface area contributed by atoms with Crippen LogP contribution >= 0.6 is 15.9 Å². The first-order valence-electron chi connectivity index (χ1n) is 4.90. The van der Waals surface area contributed by atoms with Gasteiger partial charge in [0.05, 0.1) is 4.92 Å². The number of halogens is 1. The molecule has 0 saturated heterocycles. The van der Waals surface area contributed by atoms with Gasteiger partial charge in [0.25, 0.3) is 0 Å². The van der Waals surface area contributed by atoms with E-state index in [1.54, 1.807) is 18.2 Å². The van der Waals surface area contributed by atoms with E-state index in [9.17, 15) is 10.1 Å². The summed E-state index contributed by atoms with van der Waals surface area (Å²) in [5.41, 5.74) is 5.26. The highest BCUT2D eigenvalue weighted by atomic mass is 79.9. The molecule has 2 N–H and O–H groups in total. The summed E-state index contributed by atoms with van der Waals surface area (Å²) in [6.07, 6.45) is 0. The van der Waals surface area contributed by atoms with Crippen molar-refractivity contribution < 1.29 is 9.66 Å². The summed E-state index contributed by atoms with van der Waals surface area (Å²) in [6.45, 7) is 0. The van der Waals surface area contributed by atoms with Gasteiger partial charge in [-0.15, -0.1) is 0 Å². The first-order chi connectivity index (χ1) is 8.56. The van der Waals surface area contributed by atoms with Crippen LogP contribution in [0.25, 0.3) is 0 Å². The molecule has 0 saturated carbocycles. The molecule has 7 heteroatoms. The number of ether oxygens (including phenoxy) is 1.